The van der Waals surface area contributed by atoms with E-state index in [9.17, 15) is 22.8 Å². The summed E-state index contributed by atoms with van der Waals surface area (Å²) in [6.07, 6.45) is -4.68. The molecule has 4 nitrogen and oxygen atoms in total. The second-order valence-electron chi connectivity index (χ2n) is 12.5. The molecule has 0 aromatic heterocycles. The fourth-order valence-electron chi connectivity index (χ4n) is 9.02. The predicted molar refractivity (Wildman–Crippen MR) is 172 cm³/mol. The molecule has 2 fully saturated rings. The lowest BCUT2D eigenvalue weighted by atomic mass is 9.59. The number of rotatable bonds is 3. The summed E-state index contributed by atoms with van der Waals surface area (Å²) in [5.41, 5.74) is -1.81. The molecule has 0 spiro atoms. The van der Waals surface area contributed by atoms with Crippen molar-refractivity contribution in [2.45, 2.75) is 17.0 Å². The molecule has 9 rings (SSSR count). The van der Waals surface area contributed by atoms with Gasteiger partial charge in [-0.1, -0.05) is 115 Å². The number of Topliss-reactive ketones (excluding diaryl/α,β-unsaturated/α-hetero) is 1. The predicted octanol–water partition coefficient (Wildman–Crippen LogP) is 7.99. The van der Waals surface area contributed by atoms with E-state index in [1.807, 2.05) is 109 Å². The van der Waals surface area contributed by atoms with Crippen LogP contribution in [0.15, 0.2) is 133 Å². The van der Waals surface area contributed by atoms with Gasteiger partial charge in [-0.15, -0.1) is 0 Å². The van der Waals surface area contributed by atoms with Gasteiger partial charge < -0.3 is 0 Å². The molecular formula is C40H24F3NO3. The van der Waals surface area contributed by atoms with Crippen molar-refractivity contribution >= 4 is 44.8 Å². The van der Waals surface area contributed by atoms with Crippen LogP contribution < -0.4 is 4.90 Å². The molecule has 1 aliphatic heterocycles. The van der Waals surface area contributed by atoms with Crippen LogP contribution in [0.3, 0.4) is 0 Å². The zero-order valence-electron chi connectivity index (χ0n) is 24.7. The highest BCUT2D eigenvalue weighted by atomic mass is 19.4. The molecule has 4 atom stereocenters. The summed E-state index contributed by atoms with van der Waals surface area (Å²) in [6, 6.07) is 38.0. The molecule has 2 aliphatic carbocycles. The van der Waals surface area contributed by atoms with Crippen molar-refractivity contribution in [3.63, 3.8) is 0 Å². The summed E-state index contributed by atoms with van der Waals surface area (Å²) in [7, 11) is 0. The number of hydrogen-bond acceptors (Lipinski definition) is 3. The zero-order valence-corrected chi connectivity index (χ0v) is 24.7. The summed E-state index contributed by atoms with van der Waals surface area (Å²) in [5.74, 6) is -4.03. The maximum atomic E-state index is 15.8. The maximum Gasteiger partial charge on any atom is 0.416 e. The smallest absolute Gasteiger partial charge is 0.297 e. The SMILES string of the molecule is O=C1[C@@H]2[C@H](C(=O)N1c1cccc(C(F)(F)F)c1)[C@@]1(c3ccccc3)C(=O)[C@]2(c2ccccc2)c2c1c1ccccc1c1ccccc21. The first kappa shape index (κ1) is 27.7. The van der Waals surface area contributed by atoms with Crippen LogP contribution in [0, 0.1) is 11.8 Å². The van der Waals surface area contributed by atoms with E-state index in [-0.39, 0.29) is 11.5 Å². The normalized spacial score (nSPS) is 24.7. The van der Waals surface area contributed by atoms with Gasteiger partial charge in [0, 0.05) is 0 Å². The van der Waals surface area contributed by atoms with Gasteiger partial charge >= 0.3 is 6.18 Å². The Kier molecular flexibility index (Phi) is 5.46. The van der Waals surface area contributed by atoms with Gasteiger partial charge in [-0.25, -0.2) is 4.90 Å². The van der Waals surface area contributed by atoms with Gasteiger partial charge in [-0.3, -0.25) is 14.4 Å². The Morgan fingerprint density at radius 3 is 1.38 bits per heavy atom. The number of benzene rings is 6. The summed E-state index contributed by atoms with van der Waals surface area (Å²) in [5, 5.41) is 3.41. The summed E-state index contributed by atoms with van der Waals surface area (Å²) in [4.78, 5) is 46.6. The summed E-state index contributed by atoms with van der Waals surface area (Å²) in [6.45, 7) is 0. The number of imide groups is 1. The monoisotopic (exact) mass is 623 g/mol. The number of halogens is 3. The van der Waals surface area contributed by atoms with Gasteiger partial charge in [0.25, 0.3) is 0 Å². The molecule has 0 radical (unpaired) electrons. The number of hydrogen-bond donors (Lipinski definition) is 0. The lowest BCUT2D eigenvalue weighted by Crippen LogP contribution is -2.45. The number of anilines is 1. The fourth-order valence-corrected chi connectivity index (χ4v) is 9.02. The van der Waals surface area contributed by atoms with Crippen molar-refractivity contribution in [2.24, 2.45) is 11.8 Å². The van der Waals surface area contributed by atoms with E-state index in [0.717, 1.165) is 38.6 Å². The molecular weight excluding hydrogens is 599 g/mol. The lowest BCUT2D eigenvalue weighted by Gasteiger charge is -2.38. The molecule has 228 valence electrons. The van der Waals surface area contributed by atoms with Crippen molar-refractivity contribution in [1.82, 2.24) is 0 Å². The largest absolute Gasteiger partial charge is 0.416 e. The van der Waals surface area contributed by atoms with Crippen LogP contribution in [0.5, 0.6) is 0 Å². The van der Waals surface area contributed by atoms with E-state index in [2.05, 4.69) is 0 Å². The minimum absolute atomic E-state index is 0.165. The van der Waals surface area contributed by atoms with Crippen molar-refractivity contribution in [1.29, 1.82) is 0 Å². The van der Waals surface area contributed by atoms with Crippen molar-refractivity contribution < 1.29 is 27.6 Å². The molecule has 0 N–H and O–H groups in total. The highest BCUT2D eigenvalue weighted by molar-refractivity contribution is 6.34. The number of nitrogens with zero attached hydrogens (tertiary/aromatic N) is 1. The first-order valence-corrected chi connectivity index (χ1v) is 15.4. The van der Waals surface area contributed by atoms with Crippen LogP contribution in [0.2, 0.25) is 0 Å². The zero-order chi connectivity index (χ0) is 32.3. The molecule has 1 heterocycles. The van der Waals surface area contributed by atoms with Gasteiger partial charge in [0.2, 0.25) is 11.8 Å². The van der Waals surface area contributed by atoms with E-state index >= 15 is 4.79 Å². The Morgan fingerprint density at radius 1 is 0.511 bits per heavy atom. The van der Waals surface area contributed by atoms with Crippen molar-refractivity contribution in [3.05, 3.63) is 161 Å². The van der Waals surface area contributed by atoms with Crippen LogP contribution in [0.25, 0.3) is 21.5 Å². The Balaban J connectivity index is 1.47. The molecule has 2 bridgehead atoms. The second-order valence-corrected chi connectivity index (χ2v) is 12.5. The van der Waals surface area contributed by atoms with E-state index in [1.54, 1.807) is 0 Å². The van der Waals surface area contributed by atoms with E-state index < -0.39 is 46.2 Å². The first-order chi connectivity index (χ1) is 22.7. The van der Waals surface area contributed by atoms with Crippen LogP contribution >= 0.6 is 0 Å². The highest BCUT2D eigenvalue weighted by Gasteiger charge is 2.82. The van der Waals surface area contributed by atoms with E-state index in [4.69, 9.17) is 0 Å². The van der Waals surface area contributed by atoms with Crippen molar-refractivity contribution in [2.75, 3.05) is 4.90 Å². The van der Waals surface area contributed by atoms with E-state index in [0.29, 0.717) is 22.3 Å². The molecule has 0 unspecified atom stereocenters. The molecule has 6 aromatic rings. The molecule has 6 aromatic carbocycles. The summed E-state index contributed by atoms with van der Waals surface area (Å²) < 4.78 is 41.6. The average molecular weight is 624 g/mol. The number of carbonyl (C=O) groups excluding carboxylic acids is 3. The third kappa shape index (κ3) is 3.21. The highest BCUT2D eigenvalue weighted by Crippen LogP contribution is 2.72. The molecule has 3 aliphatic rings. The lowest BCUT2D eigenvalue weighted by molar-refractivity contribution is -0.137. The van der Waals surface area contributed by atoms with Crippen LogP contribution in [-0.4, -0.2) is 17.6 Å². The Bertz CT molecular complexity index is 2200. The first-order valence-electron chi connectivity index (χ1n) is 15.4. The average Bonchev–Trinajstić information content (AvgIpc) is 3.61. The van der Waals surface area contributed by atoms with Crippen LogP contribution in [0.4, 0.5) is 18.9 Å². The van der Waals surface area contributed by atoms with Gasteiger partial charge in [0.05, 0.1) is 33.9 Å². The molecule has 1 saturated carbocycles. The Morgan fingerprint density at radius 2 is 0.936 bits per heavy atom. The number of fused-ring (bicyclic) bond motifs is 13. The quantitative estimate of drug-likeness (QED) is 0.148. The molecule has 2 amide bonds. The third-order valence-electron chi connectivity index (χ3n) is 10.6. The number of carbonyl (C=O) groups is 3. The van der Waals surface area contributed by atoms with Gasteiger partial charge in [0.15, 0.2) is 5.78 Å². The Labute approximate surface area is 267 Å². The number of ketones is 1. The van der Waals surface area contributed by atoms with Crippen molar-refractivity contribution in [3.8, 4) is 0 Å². The maximum absolute atomic E-state index is 15.8. The number of amides is 2. The minimum Gasteiger partial charge on any atom is -0.297 e. The van der Waals surface area contributed by atoms with E-state index in [1.165, 1.54) is 12.1 Å². The fraction of sp³-hybridized carbons (Fsp3) is 0.125. The van der Waals surface area contributed by atoms with Crippen LogP contribution in [-0.2, 0) is 31.4 Å². The van der Waals surface area contributed by atoms with Gasteiger partial charge in [-0.05, 0) is 62.0 Å². The summed E-state index contributed by atoms with van der Waals surface area (Å²) >= 11 is 0. The van der Waals surface area contributed by atoms with Crippen LogP contribution in [0.1, 0.15) is 27.8 Å². The third-order valence-corrected chi connectivity index (χ3v) is 10.6. The standard InChI is InChI=1S/C40H24F3NO3/c41-40(42,43)25-16-11-17-26(22-25)44-35(45)33-34(36(44)46)39(24-14-5-2-6-15-24)32-30-21-10-8-19-28(30)27-18-7-9-20-29(27)31(32)38(33,37(39)47)23-12-3-1-4-13-23/h1-22,33-34H/t33-,34+,38+,39-. The Hall–Kier alpha value is -5.56. The molecule has 7 heteroatoms. The van der Waals surface area contributed by atoms with Gasteiger partial charge in [-0.2, -0.15) is 13.2 Å². The second kappa shape index (κ2) is 9.26. The number of alkyl halides is 3. The topological polar surface area (TPSA) is 54.5 Å². The molecule has 47 heavy (non-hydrogen) atoms. The minimum atomic E-state index is -4.68. The van der Waals surface area contributed by atoms with Gasteiger partial charge in [0.1, 0.15) is 0 Å². The molecule has 1 saturated heterocycles.